The highest BCUT2D eigenvalue weighted by atomic mass is 16.6. The molecule has 1 heterocycles. The van der Waals surface area contributed by atoms with Crippen LogP contribution < -0.4 is 5.32 Å². The number of aromatic nitrogens is 2. The van der Waals surface area contributed by atoms with Crippen LogP contribution in [0.1, 0.15) is 11.4 Å². The van der Waals surface area contributed by atoms with E-state index in [1.165, 1.54) is 12.1 Å². The van der Waals surface area contributed by atoms with E-state index >= 15 is 0 Å². The molecule has 0 saturated carbocycles. The molecule has 1 aromatic heterocycles. The molecular weight excluding hydrogens is 232 g/mol. The van der Waals surface area contributed by atoms with E-state index in [4.69, 9.17) is 0 Å². The van der Waals surface area contributed by atoms with Gasteiger partial charge in [-0.25, -0.2) is 9.97 Å². The zero-order valence-electron chi connectivity index (χ0n) is 10.0. The van der Waals surface area contributed by atoms with Crippen LogP contribution in [0.15, 0.2) is 30.5 Å². The van der Waals surface area contributed by atoms with E-state index in [-0.39, 0.29) is 5.69 Å². The first-order chi connectivity index (χ1) is 8.56. The Hall–Kier alpha value is -2.50. The molecule has 1 N–H and O–H groups in total. The van der Waals surface area contributed by atoms with Crippen molar-refractivity contribution in [2.24, 2.45) is 0 Å². The minimum atomic E-state index is -0.427. The van der Waals surface area contributed by atoms with E-state index < -0.39 is 4.92 Å². The number of nitrogens with zero attached hydrogens (tertiary/aromatic N) is 3. The lowest BCUT2D eigenvalue weighted by atomic mass is 10.2. The molecule has 0 fully saturated rings. The number of benzene rings is 1. The van der Waals surface area contributed by atoms with Crippen LogP contribution in [0.2, 0.25) is 0 Å². The molecule has 0 spiro atoms. The molecule has 0 saturated heterocycles. The summed E-state index contributed by atoms with van der Waals surface area (Å²) in [7, 11) is 0. The van der Waals surface area contributed by atoms with Crippen LogP contribution in [0.25, 0.3) is 0 Å². The summed E-state index contributed by atoms with van der Waals surface area (Å²) in [5.41, 5.74) is 1.56. The number of anilines is 2. The van der Waals surface area contributed by atoms with Gasteiger partial charge in [-0.3, -0.25) is 10.1 Å². The summed E-state index contributed by atoms with van der Waals surface area (Å²) in [4.78, 5) is 18.6. The maximum absolute atomic E-state index is 10.7. The third-order valence-corrected chi connectivity index (χ3v) is 2.41. The van der Waals surface area contributed by atoms with Gasteiger partial charge in [0.05, 0.1) is 4.92 Å². The van der Waals surface area contributed by atoms with Gasteiger partial charge in [0.15, 0.2) is 0 Å². The van der Waals surface area contributed by atoms with Crippen molar-refractivity contribution in [1.82, 2.24) is 9.97 Å². The molecule has 0 amide bonds. The predicted molar refractivity (Wildman–Crippen MR) is 67.9 cm³/mol. The maximum atomic E-state index is 10.7. The lowest BCUT2D eigenvalue weighted by molar-refractivity contribution is -0.384. The van der Waals surface area contributed by atoms with Crippen LogP contribution >= 0.6 is 0 Å². The summed E-state index contributed by atoms with van der Waals surface area (Å²) in [5, 5.41) is 13.7. The Morgan fingerprint density at radius 2 is 2.11 bits per heavy atom. The Labute approximate surface area is 104 Å². The highest BCUT2D eigenvalue weighted by Crippen LogP contribution is 2.21. The monoisotopic (exact) mass is 244 g/mol. The molecular formula is C12H12N4O2. The molecule has 0 bridgehead atoms. The molecule has 0 radical (unpaired) electrons. The van der Waals surface area contributed by atoms with Gasteiger partial charge in [-0.05, 0) is 19.9 Å². The van der Waals surface area contributed by atoms with Gasteiger partial charge in [0, 0.05) is 29.6 Å². The second-order valence-corrected chi connectivity index (χ2v) is 3.88. The molecule has 0 atom stereocenters. The SMILES string of the molecule is Cc1ncc(C)c(Nc2cccc([N+](=O)[O-])c2)n1. The highest BCUT2D eigenvalue weighted by Gasteiger charge is 2.07. The first-order valence-corrected chi connectivity index (χ1v) is 5.38. The summed E-state index contributed by atoms with van der Waals surface area (Å²) >= 11 is 0. The maximum Gasteiger partial charge on any atom is 0.271 e. The van der Waals surface area contributed by atoms with Crippen molar-refractivity contribution in [3.05, 3.63) is 52.0 Å². The number of aryl methyl sites for hydroxylation is 2. The molecule has 2 aromatic rings. The number of hydrogen-bond donors (Lipinski definition) is 1. The molecule has 0 aliphatic carbocycles. The van der Waals surface area contributed by atoms with Gasteiger partial charge in [-0.2, -0.15) is 0 Å². The lowest BCUT2D eigenvalue weighted by Gasteiger charge is -2.08. The number of hydrogen-bond acceptors (Lipinski definition) is 5. The van der Waals surface area contributed by atoms with Crippen LogP contribution in [-0.2, 0) is 0 Å². The van der Waals surface area contributed by atoms with Crippen molar-refractivity contribution < 1.29 is 4.92 Å². The molecule has 18 heavy (non-hydrogen) atoms. The van der Waals surface area contributed by atoms with Gasteiger partial charge in [0.2, 0.25) is 0 Å². The first kappa shape index (κ1) is 12.0. The zero-order chi connectivity index (χ0) is 13.1. The van der Waals surface area contributed by atoms with Crippen LogP contribution in [0.5, 0.6) is 0 Å². The fourth-order valence-corrected chi connectivity index (χ4v) is 1.49. The second kappa shape index (κ2) is 4.79. The Morgan fingerprint density at radius 1 is 1.33 bits per heavy atom. The Morgan fingerprint density at radius 3 is 2.83 bits per heavy atom. The first-order valence-electron chi connectivity index (χ1n) is 5.38. The zero-order valence-corrected chi connectivity index (χ0v) is 10.0. The minimum Gasteiger partial charge on any atom is -0.340 e. The Kier molecular flexibility index (Phi) is 3.18. The molecule has 6 nitrogen and oxygen atoms in total. The number of nitro groups is 1. The predicted octanol–water partition coefficient (Wildman–Crippen LogP) is 2.75. The number of non-ortho nitro benzene ring substituents is 1. The van der Waals surface area contributed by atoms with Crippen LogP contribution in [0, 0.1) is 24.0 Å². The van der Waals surface area contributed by atoms with Crippen molar-refractivity contribution in [1.29, 1.82) is 0 Å². The summed E-state index contributed by atoms with van der Waals surface area (Å²) in [5.74, 6) is 1.30. The molecule has 0 aliphatic rings. The van der Waals surface area contributed by atoms with Crippen LogP contribution in [0.4, 0.5) is 17.2 Å². The van der Waals surface area contributed by atoms with Gasteiger partial charge in [0.1, 0.15) is 11.6 Å². The Balaban J connectivity index is 2.31. The third kappa shape index (κ3) is 2.60. The van der Waals surface area contributed by atoms with Crippen molar-refractivity contribution in [3.63, 3.8) is 0 Å². The number of nitrogens with one attached hydrogen (secondary N) is 1. The van der Waals surface area contributed by atoms with Gasteiger partial charge >= 0.3 is 0 Å². The standard InChI is InChI=1S/C12H12N4O2/c1-8-7-13-9(2)14-12(8)15-10-4-3-5-11(6-10)16(17)18/h3-7H,1-2H3,(H,13,14,15). The number of rotatable bonds is 3. The van der Waals surface area contributed by atoms with E-state index in [9.17, 15) is 10.1 Å². The van der Waals surface area contributed by atoms with Crippen LogP contribution in [0.3, 0.4) is 0 Å². The third-order valence-electron chi connectivity index (χ3n) is 2.41. The van der Waals surface area contributed by atoms with E-state index in [2.05, 4.69) is 15.3 Å². The molecule has 6 heteroatoms. The van der Waals surface area contributed by atoms with E-state index in [1.807, 2.05) is 6.92 Å². The quantitative estimate of drug-likeness (QED) is 0.663. The molecule has 0 unspecified atom stereocenters. The van der Waals surface area contributed by atoms with E-state index in [1.54, 1.807) is 25.3 Å². The van der Waals surface area contributed by atoms with E-state index in [0.717, 1.165) is 5.56 Å². The average Bonchev–Trinajstić information content (AvgIpc) is 2.34. The van der Waals surface area contributed by atoms with Crippen molar-refractivity contribution in [2.45, 2.75) is 13.8 Å². The highest BCUT2D eigenvalue weighted by molar-refractivity contribution is 5.61. The van der Waals surface area contributed by atoms with Gasteiger partial charge in [0.25, 0.3) is 5.69 Å². The lowest BCUT2D eigenvalue weighted by Crippen LogP contribution is -2.00. The van der Waals surface area contributed by atoms with Crippen molar-refractivity contribution in [2.75, 3.05) is 5.32 Å². The summed E-state index contributed by atoms with van der Waals surface area (Å²) < 4.78 is 0. The normalized spacial score (nSPS) is 10.1. The van der Waals surface area contributed by atoms with Crippen molar-refractivity contribution >= 4 is 17.2 Å². The fraction of sp³-hybridized carbons (Fsp3) is 0.167. The topological polar surface area (TPSA) is 81.0 Å². The van der Waals surface area contributed by atoms with Gasteiger partial charge < -0.3 is 5.32 Å². The molecule has 0 aliphatic heterocycles. The number of nitro benzene ring substituents is 1. The van der Waals surface area contributed by atoms with E-state index in [0.29, 0.717) is 17.3 Å². The molecule has 2 rings (SSSR count). The summed E-state index contributed by atoms with van der Waals surface area (Å²) in [6.45, 7) is 3.66. The van der Waals surface area contributed by atoms with Crippen molar-refractivity contribution in [3.8, 4) is 0 Å². The fourth-order valence-electron chi connectivity index (χ4n) is 1.49. The van der Waals surface area contributed by atoms with Gasteiger partial charge in [-0.1, -0.05) is 6.07 Å². The molecule has 1 aromatic carbocycles. The summed E-state index contributed by atoms with van der Waals surface area (Å²) in [6, 6.07) is 6.30. The summed E-state index contributed by atoms with van der Waals surface area (Å²) in [6.07, 6.45) is 1.71. The average molecular weight is 244 g/mol. The molecule has 92 valence electrons. The van der Waals surface area contributed by atoms with Gasteiger partial charge in [-0.15, -0.1) is 0 Å². The smallest absolute Gasteiger partial charge is 0.271 e. The Bertz CT molecular complexity index is 598. The minimum absolute atomic E-state index is 0.0448. The largest absolute Gasteiger partial charge is 0.340 e. The van der Waals surface area contributed by atoms with Crippen LogP contribution in [-0.4, -0.2) is 14.9 Å². The second-order valence-electron chi connectivity index (χ2n) is 3.88.